The summed E-state index contributed by atoms with van der Waals surface area (Å²) in [4.78, 5) is 41.6. The molecule has 2 atom stereocenters. The van der Waals surface area contributed by atoms with E-state index in [1.807, 2.05) is 0 Å². The maximum absolute atomic E-state index is 13.1. The minimum atomic E-state index is -3.31. The van der Waals surface area contributed by atoms with Crippen LogP contribution in [0.1, 0.15) is 15.9 Å². The first-order valence-corrected chi connectivity index (χ1v) is 14.0. The van der Waals surface area contributed by atoms with Gasteiger partial charge in [-0.1, -0.05) is 0 Å². The van der Waals surface area contributed by atoms with Gasteiger partial charge < -0.3 is 30.7 Å². The normalized spacial score (nSPS) is 19.4. The predicted molar refractivity (Wildman–Crippen MR) is 143 cm³/mol. The first kappa shape index (κ1) is 28.2. The summed E-state index contributed by atoms with van der Waals surface area (Å²) >= 11 is 0. The van der Waals surface area contributed by atoms with Crippen molar-refractivity contribution in [3.05, 3.63) is 59.7 Å². The van der Waals surface area contributed by atoms with E-state index in [9.17, 15) is 27.9 Å². The number of nitrogens with two attached hydrogens (primary N) is 1. The fourth-order valence-corrected chi connectivity index (χ4v) is 5.19. The maximum Gasteiger partial charge on any atom is 0.259 e. The molecule has 0 spiro atoms. The number of sulfonamides is 1. The molecule has 0 aromatic heterocycles. The molecule has 0 saturated carbocycles. The molecule has 2 aromatic rings. The smallest absolute Gasteiger partial charge is 0.259 e. The number of ether oxygens (including phenoxy) is 1. The molecule has 0 aliphatic carbocycles. The Bertz CT molecular complexity index is 1360. The highest BCUT2D eigenvalue weighted by molar-refractivity contribution is 7.88. The number of aliphatic hydroxyl groups excluding tert-OH is 1. The molecule has 14 heteroatoms. The van der Waals surface area contributed by atoms with Crippen molar-refractivity contribution < 1.29 is 32.6 Å². The molecule has 3 amide bonds. The van der Waals surface area contributed by atoms with Crippen molar-refractivity contribution in [2.75, 3.05) is 55.8 Å². The number of nitrogens with zero attached hydrogens (tertiary/aromatic N) is 3. The topological polar surface area (TPSA) is 186 Å². The van der Waals surface area contributed by atoms with E-state index in [1.54, 1.807) is 29.2 Å². The van der Waals surface area contributed by atoms with Gasteiger partial charge in [0.15, 0.2) is 12.2 Å². The number of nitrogen functional groups attached to an aromatic ring is 1. The van der Waals surface area contributed by atoms with Crippen molar-refractivity contribution in [3.63, 3.8) is 0 Å². The lowest BCUT2D eigenvalue weighted by molar-refractivity contribution is -0.150. The summed E-state index contributed by atoms with van der Waals surface area (Å²) in [6, 6.07) is 12.5. The number of morpholine rings is 1. The second kappa shape index (κ2) is 11.5. The summed E-state index contributed by atoms with van der Waals surface area (Å²) in [5.41, 5.74) is 7.10. The van der Waals surface area contributed by atoms with Gasteiger partial charge >= 0.3 is 0 Å². The zero-order valence-corrected chi connectivity index (χ0v) is 22.1. The summed E-state index contributed by atoms with van der Waals surface area (Å²) in [6.45, 7) is 1.28. The van der Waals surface area contributed by atoms with E-state index < -0.39 is 34.0 Å². The lowest BCUT2D eigenvalue weighted by Crippen LogP contribution is -2.55. The zero-order chi connectivity index (χ0) is 28.3. The van der Waals surface area contributed by atoms with Crippen LogP contribution in [0.15, 0.2) is 48.5 Å². The van der Waals surface area contributed by atoms with Gasteiger partial charge in [0.05, 0.1) is 12.9 Å². The average molecular weight is 559 g/mol. The van der Waals surface area contributed by atoms with E-state index in [1.165, 1.54) is 33.5 Å². The number of carbonyl (C=O) groups is 3. The molecule has 13 nitrogen and oxygen atoms in total. The lowest BCUT2D eigenvalue weighted by Gasteiger charge is -2.34. The van der Waals surface area contributed by atoms with E-state index in [-0.39, 0.29) is 51.1 Å². The first-order chi connectivity index (χ1) is 18.5. The summed E-state index contributed by atoms with van der Waals surface area (Å²) in [5, 5.41) is 20.5. The van der Waals surface area contributed by atoms with Crippen LogP contribution in [0, 0.1) is 5.41 Å². The van der Waals surface area contributed by atoms with Crippen LogP contribution in [0.2, 0.25) is 0 Å². The summed E-state index contributed by atoms with van der Waals surface area (Å²) in [5.74, 6) is -1.81. The molecule has 2 heterocycles. The molecule has 0 bridgehead atoms. The second-order valence-corrected chi connectivity index (χ2v) is 11.2. The fraction of sp³-hybridized carbons (Fsp3) is 0.360. The number of aliphatic hydroxyl groups is 1. The Morgan fingerprint density at radius 3 is 2.18 bits per heavy atom. The molecule has 2 aromatic carbocycles. The van der Waals surface area contributed by atoms with Crippen LogP contribution in [0.5, 0.6) is 0 Å². The Hall–Kier alpha value is -3.85. The van der Waals surface area contributed by atoms with Gasteiger partial charge in [-0.2, -0.15) is 4.31 Å². The highest BCUT2D eigenvalue weighted by atomic mass is 32.2. The van der Waals surface area contributed by atoms with Crippen LogP contribution < -0.4 is 16.0 Å². The third-order valence-electron chi connectivity index (χ3n) is 6.56. The molecule has 2 saturated heterocycles. The largest absolute Gasteiger partial charge is 0.384 e. The number of rotatable bonds is 7. The molecule has 5 N–H and O–H groups in total. The van der Waals surface area contributed by atoms with E-state index in [4.69, 9.17) is 15.9 Å². The summed E-state index contributed by atoms with van der Waals surface area (Å²) in [6.07, 6.45) is -2.07. The second-order valence-electron chi connectivity index (χ2n) is 9.21. The van der Waals surface area contributed by atoms with Gasteiger partial charge in [-0.25, -0.2) is 8.42 Å². The van der Waals surface area contributed by atoms with E-state index in [0.717, 1.165) is 6.26 Å². The van der Waals surface area contributed by atoms with Crippen molar-refractivity contribution in [2.24, 2.45) is 5.73 Å². The highest BCUT2D eigenvalue weighted by Gasteiger charge is 2.39. The number of anilines is 2. The summed E-state index contributed by atoms with van der Waals surface area (Å²) < 4.78 is 30.2. The quantitative estimate of drug-likeness (QED) is 0.257. The standard InChI is InChI=1S/C25H30N6O7S/c1-39(36,37)30-12-10-29(11-13-30)24(34)17-4-8-19(9-5-17)31-14-15-38-21(25(31)35)20(32)23(33)28-18-6-2-16(3-7-18)22(26)27/h2-9,20-21,32H,10-15H2,1H3,(H3,26,27)(H,28,33)/t20-,21-/m1/s1. The third-order valence-corrected chi connectivity index (χ3v) is 7.86. The van der Waals surface area contributed by atoms with Crippen LogP contribution in [-0.4, -0.2) is 104 Å². The van der Waals surface area contributed by atoms with Crippen molar-refractivity contribution in [1.29, 1.82) is 5.41 Å². The fourth-order valence-electron chi connectivity index (χ4n) is 4.36. The average Bonchev–Trinajstić information content (AvgIpc) is 2.92. The zero-order valence-electron chi connectivity index (χ0n) is 21.2. The van der Waals surface area contributed by atoms with E-state index >= 15 is 0 Å². The number of piperazine rings is 1. The molecular formula is C25H30N6O7S. The van der Waals surface area contributed by atoms with Gasteiger partial charge in [0.25, 0.3) is 17.7 Å². The van der Waals surface area contributed by atoms with E-state index in [2.05, 4.69) is 5.32 Å². The van der Waals surface area contributed by atoms with Gasteiger partial charge in [-0.05, 0) is 48.5 Å². The van der Waals surface area contributed by atoms with Gasteiger partial charge in [0.2, 0.25) is 10.0 Å². The van der Waals surface area contributed by atoms with Crippen LogP contribution in [0.25, 0.3) is 0 Å². The number of benzene rings is 2. The van der Waals surface area contributed by atoms with Crippen molar-refractivity contribution in [3.8, 4) is 0 Å². The Labute approximate surface area is 225 Å². The van der Waals surface area contributed by atoms with Gasteiger partial charge in [0, 0.05) is 55.2 Å². The summed E-state index contributed by atoms with van der Waals surface area (Å²) in [7, 11) is -3.31. The van der Waals surface area contributed by atoms with Crippen LogP contribution in [0.3, 0.4) is 0 Å². The monoisotopic (exact) mass is 558 g/mol. The Balaban J connectivity index is 1.38. The molecule has 0 unspecified atom stereocenters. The predicted octanol–water partition coefficient (Wildman–Crippen LogP) is -0.581. The number of amidine groups is 1. The van der Waals surface area contributed by atoms with Crippen LogP contribution in [-0.2, 0) is 24.3 Å². The van der Waals surface area contributed by atoms with Gasteiger partial charge in [-0.15, -0.1) is 0 Å². The molecule has 4 rings (SSSR count). The molecule has 39 heavy (non-hydrogen) atoms. The molecule has 208 valence electrons. The number of hydrogen-bond donors (Lipinski definition) is 4. The number of hydrogen-bond acceptors (Lipinski definition) is 8. The Morgan fingerprint density at radius 2 is 1.62 bits per heavy atom. The van der Waals surface area contributed by atoms with Crippen molar-refractivity contribution >= 4 is 45.0 Å². The number of amides is 3. The Morgan fingerprint density at radius 1 is 1.03 bits per heavy atom. The highest BCUT2D eigenvalue weighted by Crippen LogP contribution is 2.23. The lowest BCUT2D eigenvalue weighted by atomic mass is 10.1. The van der Waals surface area contributed by atoms with Gasteiger partial charge in [0.1, 0.15) is 5.84 Å². The Kier molecular flexibility index (Phi) is 8.30. The van der Waals surface area contributed by atoms with Crippen LogP contribution in [0.4, 0.5) is 11.4 Å². The molecule has 0 radical (unpaired) electrons. The minimum Gasteiger partial charge on any atom is -0.384 e. The molecule has 2 fully saturated rings. The maximum atomic E-state index is 13.1. The van der Waals surface area contributed by atoms with Crippen molar-refractivity contribution in [2.45, 2.75) is 12.2 Å². The molecular weight excluding hydrogens is 528 g/mol. The minimum absolute atomic E-state index is 0.0827. The van der Waals surface area contributed by atoms with Crippen LogP contribution >= 0.6 is 0 Å². The number of nitrogens with one attached hydrogen (secondary N) is 2. The SMILES string of the molecule is CS(=O)(=O)N1CCN(C(=O)c2ccc(N3CCO[C@H]([C@@H](O)C(=O)Nc4ccc(C(=N)N)cc4)C3=O)cc2)CC1. The number of carbonyl (C=O) groups excluding carboxylic acids is 3. The first-order valence-electron chi connectivity index (χ1n) is 12.2. The molecule has 2 aliphatic rings. The molecule has 2 aliphatic heterocycles. The van der Waals surface area contributed by atoms with Gasteiger partial charge in [-0.3, -0.25) is 19.8 Å². The van der Waals surface area contributed by atoms with Crippen molar-refractivity contribution in [1.82, 2.24) is 9.21 Å². The van der Waals surface area contributed by atoms with E-state index in [0.29, 0.717) is 22.5 Å². The third kappa shape index (κ3) is 6.42.